The SMILES string of the molecule is CCC1CCCCC1NCc1ccc(C)cn1. The Labute approximate surface area is 105 Å². The van der Waals surface area contributed by atoms with Gasteiger partial charge in [-0.05, 0) is 37.3 Å². The molecule has 2 nitrogen and oxygen atoms in total. The fourth-order valence-electron chi connectivity index (χ4n) is 2.80. The molecule has 1 fully saturated rings. The third-order valence-electron chi connectivity index (χ3n) is 3.95. The van der Waals surface area contributed by atoms with Gasteiger partial charge in [-0.3, -0.25) is 4.98 Å². The molecule has 1 saturated carbocycles. The van der Waals surface area contributed by atoms with Crippen molar-refractivity contribution in [2.24, 2.45) is 5.92 Å². The van der Waals surface area contributed by atoms with Gasteiger partial charge in [0.25, 0.3) is 0 Å². The highest BCUT2D eigenvalue weighted by molar-refractivity contribution is 5.12. The highest BCUT2D eigenvalue weighted by Crippen LogP contribution is 2.26. The van der Waals surface area contributed by atoms with E-state index in [0.717, 1.165) is 18.2 Å². The van der Waals surface area contributed by atoms with E-state index in [4.69, 9.17) is 0 Å². The molecule has 1 aromatic rings. The van der Waals surface area contributed by atoms with Crippen LogP contribution in [0, 0.1) is 12.8 Å². The summed E-state index contributed by atoms with van der Waals surface area (Å²) in [5.74, 6) is 0.870. The maximum Gasteiger partial charge on any atom is 0.0541 e. The summed E-state index contributed by atoms with van der Waals surface area (Å²) < 4.78 is 0. The molecule has 1 aromatic heterocycles. The fraction of sp³-hybridized carbons (Fsp3) is 0.667. The van der Waals surface area contributed by atoms with Crippen LogP contribution in [-0.2, 0) is 6.54 Å². The van der Waals surface area contributed by atoms with Crippen molar-refractivity contribution in [3.8, 4) is 0 Å². The van der Waals surface area contributed by atoms with E-state index in [1.807, 2.05) is 6.20 Å². The van der Waals surface area contributed by atoms with Gasteiger partial charge in [0, 0.05) is 18.8 Å². The number of hydrogen-bond acceptors (Lipinski definition) is 2. The average molecular weight is 232 g/mol. The zero-order valence-corrected chi connectivity index (χ0v) is 11.1. The Hall–Kier alpha value is -0.890. The van der Waals surface area contributed by atoms with E-state index in [-0.39, 0.29) is 0 Å². The van der Waals surface area contributed by atoms with Gasteiger partial charge in [-0.25, -0.2) is 0 Å². The molecule has 1 aliphatic rings. The van der Waals surface area contributed by atoms with Crippen molar-refractivity contribution in [1.29, 1.82) is 0 Å². The summed E-state index contributed by atoms with van der Waals surface area (Å²) in [5, 5.41) is 3.70. The van der Waals surface area contributed by atoms with Gasteiger partial charge in [-0.15, -0.1) is 0 Å². The Morgan fingerprint density at radius 3 is 2.82 bits per heavy atom. The Kier molecular flexibility index (Phi) is 4.55. The van der Waals surface area contributed by atoms with E-state index >= 15 is 0 Å². The molecule has 0 amide bonds. The van der Waals surface area contributed by atoms with Crippen molar-refractivity contribution in [2.75, 3.05) is 0 Å². The summed E-state index contributed by atoms with van der Waals surface area (Å²) in [6.45, 7) is 5.31. The van der Waals surface area contributed by atoms with E-state index in [1.165, 1.54) is 37.7 Å². The minimum absolute atomic E-state index is 0.705. The van der Waals surface area contributed by atoms with E-state index in [9.17, 15) is 0 Å². The van der Waals surface area contributed by atoms with Crippen molar-refractivity contribution < 1.29 is 0 Å². The maximum atomic E-state index is 4.45. The van der Waals surface area contributed by atoms with E-state index in [1.54, 1.807) is 0 Å². The smallest absolute Gasteiger partial charge is 0.0541 e. The molecule has 0 aliphatic heterocycles. The van der Waals surface area contributed by atoms with Crippen molar-refractivity contribution in [3.05, 3.63) is 29.6 Å². The van der Waals surface area contributed by atoms with Crippen molar-refractivity contribution >= 4 is 0 Å². The van der Waals surface area contributed by atoms with Crippen LogP contribution in [0.5, 0.6) is 0 Å². The number of hydrogen-bond donors (Lipinski definition) is 1. The van der Waals surface area contributed by atoms with Gasteiger partial charge in [-0.2, -0.15) is 0 Å². The standard InChI is InChI=1S/C15H24N2/c1-3-13-6-4-5-7-15(13)17-11-14-9-8-12(2)10-16-14/h8-10,13,15,17H,3-7,11H2,1-2H3. The van der Waals surface area contributed by atoms with Crippen LogP contribution in [0.1, 0.15) is 50.3 Å². The summed E-state index contributed by atoms with van der Waals surface area (Å²) >= 11 is 0. The van der Waals surface area contributed by atoms with E-state index in [2.05, 4.69) is 36.3 Å². The number of rotatable bonds is 4. The minimum Gasteiger partial charge on any atom is -0.308 e. The van der Waals surface area contributed by atoms with Gasteiger partial charge in [0.2, 0.25) is 0 Å². The van der Waals surface area contributed by atoms with Crippen molar-refractivity contribution in [1.82, 2.24) is 10.3 Å². The average Bonchev–Trinajstić information content (AvgIpc) is 2.38. The predicted molar refractivity (Wildman–Crippen MR) is 71.9 cm³/mol. The summed E-state index contributed by atoms with van der Waals surface area (Å²) in [6.07, 6.45) is 8.79. The van der Waals surface area contributed by atoms with Crippen LogP contribution in [0.25, 0.3) is 0 Å². The Morgan fingerprint density at radius 1 is 1.29 bits per heavy atom. The lowest BCUT2D eigenvalue weighted by Crippen LogP contribution is -2.38. The first kappa shape index (κ1) is 12.6. The lowest BCUT2D eigenvalue weighted by Gasteiger charge is -2.31. The maximum absolute atomic E-state index is 4.45. The fourth-order valence-corrected chi connectivity index (χ4v) is 2.80. The van der Waals surface area contributed by atoms with Crippen LogP contribution < -0.4 is 5.32 Å². The van der Waals surface area contributed by atoms with Crippen LogP contribution >= 0.6 is 0 Å². The molecule has 1 aliphatic carbocycles. The molecule has 2 unspecified atom stereocenters. The largest absolute Gasteiger partial charge is 0.308 e. The molecular formula is C15H24N2. The van der Waals surface area contributed by atoms with Crippen molar-refractivity contribution in [3.63, 3.8) is 0 Å². The number of nitrogens with zero attached hydrogens (tertiary/aromatic N) is 1. The van der Waals surface area contributed by atoms with Gasteiger partial charge in [-0.1, -0.05) is 32.3 Å². The van der Waals surface area contributed by atoms with Crippen LogP contribution in [0.3, 0.4) is 0 Å². The molecule has 2 heteroatoms. The van der Waals surface area contributed by atoms with Gasteiger partial charge < -0.3 is 5.32 Å². The minimum atomic E-state index is 0.705. The number of aromatic nitrogens is 1. The highest BCUT2D eigenvalue weighted by Gasteiger charge is 2.22. The van der Waals surface area contributed by atoms with Gasteiger partial charge in [0.05, 0.1) is 5.69 Å². The molecule has 1 N–H and O–H groups in total. The molecule has 0 bridgehead atoms. The van der Waals surface area contributed by atoms with Crippen LogP contribution in [-0.4, -0.2) is 11.0 Å². The molecule has 0 aromatic carbocycles. The molecule has 94 valence electrons. The molecule has 0 radical (unpaired) electrons. The molecule has 0 saturated heterocycles. The molecule has 2 rings (SSSR count). The quantitative estimate of drug-likeness (QED) is 0.860. The molecule has 1 heterocycles. The first-order valence-corrected chi connectivity index (χ1v) is 6.94. The summed E-state index contributed by atoms with van der Waals surface area (Å²) in [6, 6.07) is 4.98. The summed E-state index contributed by atoms with van der Waals surface area (Å²) in [4.78, 5) is 4.45. The first-order valence-electron chi connectivity index (χ1n) is 6.94. The molecule has 17 heavy (non-hydrogen) atoms. The summed E-state index contributed by atoms with van der Waals surface area (Å²) in [5.41, 5.74) is 2.40. The van der Waals surface area contributed by atoms with E-state index in [0.29, 0.717) is 6.04 Å². The number of nitrogens with one attached hydrogen (secondary N) is 1. The third-order valence-corrected chi connectivity index (χ3v) is 3.95. The van der Waals surface area contributed by atoms with Crippen LogP contribution in [0.15, 0.2) is 18.3 Å². The number of aryl methyl sites for hydroxylation is 1. The third kappa shape index (κ3) is 3.53. The second-order valence-electron chi connectivity index (χ2n) is 5.27. The lowest BCUT2D eigenvalue weighted by atomic mass is 9.83. The Bertz CT molecular complexity index is 331. The number of pyridine rings is 1. The van der Waals surface area contributed by atoms with Crippen molar-refractivity contribution in [2.45, 2.75) is 58.5 Å². The zero-order valence-electron chi connectivity index (χ0n) is 11.1. The second-order valence-corrected chi connectivity index (χ2v) is 5.27. The molecule has 0 spiro atoms. The topological polar surface area (TPSA) is 24.9 Å². The monoisotopic (exact) mass is 232 g/mol. The Morgan fingerprint density at radius 2 is 2.12 bits per heavy atom. The van der Waals surface area contributed by atoms with Gasteiger partial charge >= 0.3 is 0 Å². The molecular weight excluding hydrogens is 208 g/mol. The van der Waals surface area contributed by atoms with Crippen LogP contribution in [0.4, 0.5) is 0 Å². The van der Waals surface area contributed by atoms with Gasteiger partial charge in [0.1, 0.15) is 0 Å². The zero-order chi connectivity index (χ0) is 12.1. The van der Waals surface area contributed by atoms with E-state index < -0.39 is 0 Å². The summed E-state index contributed by atoms with van der Waals surface area (Å²) in [7, 11) is 0. The normalized spacial score (nSPS) is 24.8. The second kappa shape index (κ2) is 6.15. The van der Waals surface area contributed by atoms with Gasteiger partial charge in [0.15, 0.2) is 0 Å². The van der Waals surface area contributed by atoms with Crippen LogP contribution in [0.2, 0.25) is 0 Å². The lowest BCUT2D eigenvalue weighted by molar-refractivity contribution is 0.254. The predicted octanol–water partition coefficient (Wildman–Crippen LogP) is 3.45. The highest BCUT2D eigenvalue weighted by atomic mass is 14.9. The first-order chi connectivity index (χ1) is 8.29. The Balaban J connectivity index is 1.86. The molecule has 2 atom stereocenters.